The van der Waals surface area contributed by atoms with Crippen LogP contribution < -0.4 is 5.32 Å². The van der Waals surface area contributed by atoms with Crippen LogP contribution in [0.2, 0.25) is 0 Å². The summed E-state index contributed by atoms with van der Waals surface area (Å²) in [5, 5.41) is 10.7. The molecular weight excluding hydrogens is 498 g/mol. The molecule has 1 amide bonds. The molecule has 11 heteroatoms. The first-order valence-corrected chi connectivity index (χ1v) is 11.1. The first-order chi connectivity index (χ1) is 17.4. The van der Waals surface area contributed by atoms with E-state index >= 15 is 0 Å². The summed E-state index contributed by atoms with van der Waals surface area (Å²) in [6.45, 7) is 1.28. The number of carbonyl (C=O) groups is 1. The summed E-state index contributed by atoms with van der Waals surface area (Å²) in [7, 11) is 0. The maximum Gasteiger partial charge on any atom is 0.416 e. The molecule has 0 radical (unpaired) electrons. The molecule has 0 bridgehead atoms. The van der Waals surface area contributed by atoms with Gasteiger partial charge >= 0.3 is 12.4 Å². The smallest absolute Gasteiger partial charge is 0.344 e. The lowest BCUT2D eigenvalue weighted by molar-refractivity contribution is -0.143. The van der Waals surface area contributed by atoms with E-state index in [0.717, 1.165) is 10.2 Å². The number of benzene rings is 3. The molecule has 4 aromatic rings. The summed E-state index contributed by atoms with van der Waals surface area (Å²) in [5.74, 6) is -0.596. The molecule has 0 aliphatic heterocycles. The van der Waals surface area contributed by atoms with Gasteiger partial charge in [-0.25, -0.2) is 4.68 Å². The number of alkyl halides is 6. The van der Waals surface area contributed by atoms with Crippen molar-refractivity contribution in [3.05, 3.63) is 107 Å². The Morgan fingerprint density at radius 3 is 1.95 bits per heavy atom. The maximum absolute atomic E-state index is 13.3. The zero-order valence-electron chi connectivity index (χ0n) is 19.3. The van der Waals surface area contributed by atoms with Crippen molar-refractivity contribution in [2.24, 2.45) is 0 Å². The van der Waals surface area contributed by atoms with E-state index in [2.05, 4.69) is 15.6 Å². The maximum atomic E-state index is 13.3. The molecule has 192 valence electrons. The highest BCUT2D eigenvalue weighted by Crippen LogP contribution is 2.36. The second-order valence-corrected chi connectivity index (χ2v) is 8.33. The highest BCUT2D eigenvalue weighted by molar-refractivity contribution is 5.98. The van der Waals surface area contributed by atoms with Crippen molar-refractivity contribution in [1.29, 1.82) is 0 Å². The van der Waals surface area contributed by atoms with Crippen molar-refractivity contribution in [3.8, 4) is 11.3 Å². The summed E-state index contributed by atoms with van der Waals surface area (Å²) in [5.41, 5.74) is -1.84. The first-order valence-electron chi connectivity index (χ1n) is 11.1. The zero-order chi connectivity index (χ0) is 26.8. The molecule has 37 heavy (non-hydrogen) atoms. The minimum atomic E-state index is -4.99. The van der Waals surface area contributed by atoms with Crippen LogP contribution in [-0.4, -0.2) is 20.9 Å². The fraction of sp³-hybridized carbons (Fsp3) is 0.192. The molecule has 1 aromatic heterocycles. The van der Waals surface area contributed by atoms with Crippen LogP contribution >= 0.6 is 0 Å². The number of nitrogens with zero attached hydrogens (tertiary/aromatic N) is 3. The quantitative estimate of drug-likeness (QED) is 0.296. The van der Waals surface area contributed by atoms with Gasteiger partial charge in [0.1, 0.15) is 5.69 Å². The van der Waals surface area contributed by atoms with Crippen LogP contribution in [0.25, 0.3) is 11.3 Å². The molecule has 0 saturated carbocycles. The van der Waals surface area contributed by atoms with Crippen molar-refractivity contribution in [1.82, 2.24) is 20.3 Å². The predicted molar refractivity (Wildman–Crippen MR) is 123 cm³/mol. The van der Waals surface area contributed by atoms with Crippen molar-refractivity contribution >= 4 is 5.91 Å². The van der Waals surface area contributed by atoms with E-state index in [4.69, 9.17) is 0 Å². The van der Waals surface area contributed by atoms with Gasteiger partial charge in [0.15, 0.2) is 5.69 Å². The van der Waals surface area contributed by atoms with Crippen molar-refractivity contribution in [3.63, 3.8) is 0 Å². The highest BCUT2D eigenvalue weighted by Gasteiger charge is 2.37. The van der Waals surface area contributed by atoms with E-state index in [-0.39, 0.29) is 23.0 Å². The predicted octanol–water partition coefficient (Wildman–Crippen LogP) is 6.52. The molecule has 0 saturated heterocycles. The van der Waals surface area contributed by atoms with Crippen LogP contribution in [0.3, 0.4) is 0 Å². The second-order valence-electron chi connectivity index (χ2n) is 8.33. The molecule has 0 spiro atoms. The van der Waals surface area contributed by atoms with Gasteiger partial charge in [-0.3, -0.25) is 4.79 Å². The molecule has 4 rings (SSSR count). The average Bonchev–Trinajstić information content (AvgIpc) is 3.27. The van der Waals surface area contributed by atoms with Crippen LogP contribution in [0.4, 0.5) is 26.3 Å². The number of rotatable bonds is 6. The molecule has 5 nitrogen and oxygen atoms in total. The number of aromatic nitrogens is 3. The topological polar surface area (TPSA) is 59.8 Å². The van der Waals surface area contributed by atoms with Crippen molar-refractivity contribution in [2.45, 2.75) is 31.9 Å². The molecule has 0 aliphatic carbocycles. The van der Waals surface area contributed by atoms with Crippen LogP contribution in [0.1, 0.15) is 45.7 Å². The Labute approximate surface area is 207 Å². The summed E-state index contributed by atoms with van der Waals surface area (Å²) in [6.07, 6.45) is -9.97. The van der Waals surface area contributed by atoms with Gasteiger partial charge < -0.3 is 5.32 Å². The molecule has 0 fully saturated rings. The average molecular weight is 518 g/mol. The van der Waals surface area contributed by atoms with Gasteiger partial charge in [-0.05, 0) is 36.2 Å². The minimum absolute atomic E-state index is 0.0623. The SMILES string of the molecule is C[C@@H](NC(=O)c1nnn(Cc2cc(C(F)(F)F)cc(C(F)(F)F)c2)c1-c1ccccc1)c1ccccc1. The van der Waals surface area contributed by atoms with Crippen molar-refractivity contribution < 1.29 is 31.1 Å². The van der Waals surface area contributed by atoms with Gasteiger partial charge in [-0.15, -0.1) is 5.10 Å². The fourth-order valence-electron chi connectivity index (χ4n) is 3.83. The number of amides is 1. The van der Waals surface area contributed by atoms with Crippen LogP contribution in [0.15, 0.2) is 78.9 Å². The lowest BCUT2D eigenvalue weighted by Gasteiger charge is -2.16. The van der Waals surface area contributed by atoms with E-state index in [1.807, 2.05) is 30.3 Å². The summed E-state index contributed by atoms with van der Waals surface area (Å²) < 4.78 is 81.1. The number of carbonyl (C=O) groups excluding carboxylic acids is 1. The standard InChI is InChI=1S/C26H20F6N4O/c1-16(18-8-4-2-5-9-18)33-24(37)22-23(19-10-6-3-7-11-19)36(35-34-22)15-17-12-20(25(27,28)29)14-21(13-17)26(30,31)32/h2-14,16H,15H2,1H3,(H,33,37)/t16-/m1/s1. The van der Waals surface area contributed by atoms with Crippen LogP contribution in [0, 0.1) is 0 Å². The van der Waals surface area contributed by atoms with Gasteiger partial charge in [0.05, 0.1) is 23.7 Å². The Morgan fingerprint density at radius 1 is 0.865 bits per heavy atom. The van der Waals surface area contributed by atoms with E-state index < -0.39 is 42.0 Å². The van der Waals surface area contributed by atoms with Crippen molar-refractivity contribution in [2.75, 3.05) is 0 Å². The zero-order valence-corrected chi connectivity index (χ0v) is 19.3. The van der Waals surface area contributed by atoms with E-state index in [1.165, 1.54) is 0 Å². The van der Waals surface area contributed by atoms with Crippen LogP contribution in [0.5, 0.6) is 0 Å². The van der Waals surface area contributed by atoms with Crippen LogP contribution in [-0.2, 0) is 18.9 Å². The molecular formula is C26H20F6N4O. The normalized spacial score (nSPS) is 12.8. The number of nitrogens with one attached hydrogen (secondary N) is 1. The van der Waals surface area contributed by atoms with E-state index in [0.29, 0.717) is 17.7 Å². The van der Waals surface area contributed by atoms with Gasteiger partial charge in [-0.1, -0.05) is 65.9 Å². The monoisotopic (exact) mass is 518 g/mol. The Morgan fingerprint density at radius 2 is 1.41 bits per heavy atom. The highest BCUT2D eigenvalue weighted by atomic mass is 19.4. The Hall–Kier alpha value is -4.15. The largest absolute Gasteiger partial charge is 0.416 e. The third kappa shape index (κ3) is 5.99. The molecule has 3 aromatic carbocycles. The fourth-order valence-corrected chi connectivity index (χ4v) is 3.83. The lowest BCUT2D eigenvalue weighted by atomic mass is 10.0. The third-order valence-electron chi connectivity index (χ3n) is 5.62. The van der Waals surface area contributed by atoms with E-state index in [9.17, 15) is 31.1 Å². The second kappa shape index (κ2) is 10.1. The Bertz CT molecular complexity index is 1350. The van der Waals surface area contributed by atoms with Gasteiger partial charge in [-0.2, -0.15) is 26.3 Å². The first kappa shape index (κ1) is 25.9. The number of hydrogen-bond acceptors (Lipinski definition) is 3. The molecule has 1 heterocycles. The summed E-state index contributed by atoms with van der Waals surface area (Å²) in [6, 6.07) is 18.4. The molecule has 1 N–H and O–H groups in total. The molecule has 0 aliphatic rings. The van der Waals surface area contributed by atoms with Gasteiger partial charge in [0.25, 0.3) is 5.91 Å². The Balaban J connectivity index is 1.74. The lowest BCUT2D eigenvalue weighted by Crippen LogP contribution is -2.27. The van der Waals surface area contributed by atoms with Gasteiger partial charge in [0, 0.05) is 5.56 Å². The molecule has 1 atom stereocenters. The van der Waals surface area contributed by atoms with E-state index in [1.54, 1.807) is 37.3 Å². The number of halogens is 6. The summed E-state index contributed by atoms with van der Waals surface area (Å²) in [4.78, 5) is 13.1. The number of hydrogen-bond donors (Lipinski definition) is 1. The Kier molecular flexibility index (Phi) is 7.06. The van der Waals surface area contributed by atoms with Gasteiger partial charge in [0.2, 0.25) is 0 Å². The minimum Gasteiger partial charge on any atom is -0.344 e. The molecule has 0 unspecified atom stereocenters. The summed E-state index contributed by atoms with van der Waals surface area (Å²) >= 11 is 0. The third-order valence-corrected chi connectivity index (χ3v) is 5.62.